The van der Waals surface area contributed by atoms with Gasteiger partial charge in [0, 0.05) is 24.7 Å². The van der Waals surface area contributed by atoms with Crippen LogP contribution in [0.4, 0.5) is 0 Å². The first-order valence-corrected chi connectivity index (χ1v) is 8.96. The van der Waals surface area contributed by atoms with Crippen molar-refractivity contribution in [3.8, 4) is 0 Å². The van der Waals surface area contributed by atoms with Crippen LogP contribution in [-0.2, 0) is 19.9 Å². The molecule has 4 heteroatoms. The van der Waals surface area contributed by atoms with Gasteiger partial charge in [-0.2, -0.15) is 0 Å². The number of aliphatic hydroxyl groups is 1. The average Bonchev–Trinajstić information content (AvgIpc) is 2.95. The molecule has 1 aromatic heterocycles. The van der Waals surface area contributed by atoms with Crippen LogP contribution in [0.25, 0.3) is 0 Å². The number of rotatable bonds is 9. The molecule has 3 N–H and O–H groups in total. The summed E-state index contributed by atoms with van der Waals surface area (Å²) in [6.07, 6.45) is 3.77. The van der Waals surface area contributed by atoms with E-state index in [4.69, 9.17) is 5.73 Å². The average molecular weight is 342 g/mol. The maximum atomic E-state index is 12.5. The summed E-state index contributed by atoms with van der Waals surface area (Å²) in [5.74, 6) is 0.181. The largest absolute Gasteiger partial charge is 0.394 e. The number of nitrogens with two attached hydrogens (primary N) is 1. The first-order valence-electron chi connectivity index (χ1n) is 8.96. The lowest BCUT2D eigenvalue weighted by Crippen LogP contribution is -2.40. The highest BCUT2D eigenvalue weighted by Gasteiger charge is 2.19. The van der Waals surface area contributed by atoms with Crippen LogP contribution in [-0.4, -0.2) is 27.6 Å². The standard InChI is InChI=1S/C21H30N2O2/c1-16-7-4-5-8-17(16)9-6-10-20(25)19-12-11-18(23(19)3)13-14-21(2,22)15-24/h4-5,7-8,11-12,24H,6,9-10,13-15,22H2,1-3H3. The predicted octanol–water partition coefficient (Wildman–Crippen LogP) is 3.18. The molecular formula is C21H30N2O2. The topological polar surface area (TPSA) is 68.2 Å². The summed E-state index contributed by atoms with van der Waals surface area (Å²) < 4.78 is 1.96. The van der Waals surface area contributed by atoms with Crippen LogP contribution < -0.4 is 5.73 Å². The molecule has 25 heavy (non-hydrogen) atoms. The van der Waals surface area contributed by atoms with E-state index in [2.05, 4.69) is 19.1 Å². The first-order chi connectivity index (χ1) is 11.8. The van der Waals surface area contributed by atoms with Gasteiger partial charge in [0.15, 0.2) is 5.78 Å². The van der Waals surface area contributed by atoms with Crippen molar-refractivity contribution in [3.63, 3.8) is 0 Å². The Morgan fingerprint density at radius 2 is 1.92 bits per heavy atom. The molecule has 136 valence electrons. The summed E-state index contributed by atoms with van der Waals surface area (Å²) in [6.45, 7) is 3.91. The van der Waals surface area contributed by atoms with E-state index < -0.39 is 5.54 Å². The number of hydrogen-bond donors (Lipinski definition) is 2. The van der Waals surface area contributed by atoms with Gasteiger partial charge in [0.25, 0.3) is 0 Å². The molecular weight excluding hydrogens is 312 g/mol. The summed E-state index contributed by atoms with van der Waals surface area (Å²) in [7, 11) is 1.93. The van der Waals surface area contributed by atoms with Crippen LogP contribution in [0.3, 0.4) is 0 Å². The molecule has 1 unspecified atom stereocenters. The summed E-state index contributed by atoms with van der Waals surface area (Å²) in [5, 5.41) is 9.26. The Balaban J connectivity index is 1.91. The first kappa shape index (κ1) is 19.4. The predicted molar refractivity (Wildman–Crippen MR) is 102 cm³/mol. The van der Waals surface area contributed by atoms with E-state index >= 15 is 0 Å². The molecule has 0 aliphatic rings. The molecule has 0 fully saturated rings. The molecule has 1 aromatic carbocycles. The fourth-order valence-electron chi connectivity index (χ4n) is 3.04. The lowest BCUT2D eigenvalue weighted by Gasteiger charge is -2.21. The lowest BCUT2D eigenvalue weighted by molar-refractivity contribution is 0.0972. The van der Waals surface area contributed by atoms with Crippen LogP contribution in [0.5, 0.6) is 0 Å². The van der Waals surface area contributed by atoms with Gasteiger partial charge in [0.05, 0.1) is 12.3 Å². The van der Waals surface area contributed by atoms with Gasteiger partial charge in [-0.3, -0.25) is 4.79 Å². The quantitative estimate of drug-likeness (QED) is 0.688. The third-order valence-corrected chi connectivity index (χ3v) is 4.94. The molecule has 4 nitrogen and oxygen atoms in total. The summed E-state index contributed by atoms with van der Waals surface area (Å²) >= 11 is 0. The van der Waals surface area contributed by atoms with Crippen LogP contribution in [0.15, 0.2) is 36.4 Å². The van der Waals surface area contributed by atoms with Crippen molar-refractivity contribution < 1.29 is 9.90 Å². The number of aliphatic hydroxyl groups excluding tert-OH is 1. The molecule has 1 atom stereocenters. The number of hydrogen-bond acceptors (Lipinski definition) is 3. The highest BCUT2D eigenvalue weighted by Crippen LogP contribution is 2.17. The highest BCUT2D eigenvalue weighted by molar-refractivity contribution is 5.94. The SMILES string of the molecule is Cc1ccccc1CCCC(=O)c1ccc(CCC(C)(N)CO)n1C. The minimum Gasteiger partial charge on any atom is -0.394 e. The van der Waals surface area contributed by atoms with Crippen molar-refractivity contribution in [2.45, 2.75) is 51.5 Å². The Morgan fingerprint density at radius 3 is 2.60 bits per heavy atom. The van der Waals surface area contributed by atoms with Gasteiger partial charge in [-0.15, -0.1) is 0 Å². The van der Waals surface area contributed by atoms with Crippen molar-refractivity contribution in [3.05, 3.63) is 58.9 Å². The molecule has 1 heterocycles. The Morgan fingerprint density at radius 1 is 1.20 bits per heavy atom. The number of carbonyl (C=O) groups is 1. The van der Waals surface area contributed by atoms with Gasteiger partial charge in [0.1, 0.15) is 0 Å². The molecule has 0 saturated heterocycles. The minimum atomic E-state index is -0.581. The number of nitrogens with zero attached hydrogens (tertiary/aromatic N) is 1. The van der Waals surface area contributed by atoms with E-state index in [1.807, 2.05) is 42.8 Å². The van der Waals surface area contributed by atoms with Crippen LogP contribution in [0.2, 0.25) is 0 Å². The third-order valence-electron chi connectivity index (χ3n) is 4.94. The van der Waals surface area contributed by atoms with E-state index in [1.165, 1.54) is 11.1 Å². The molecule has 2 aromatic rings. The second kappa shape index (κ2) is 8.45. The van der Waals surface area contributed by atoms with E-state index in [1.54, 1.807) is 0 Å². The number of aryl methyl sites for hydroxylation is 3. The number of carbonyl (C=O) groups excluding carboxylic acids is 1. The molecule has 0 spiro atoms. The van der Waals surface area contributed by atoms with Gasteiger partial charge in [0.2, 0.25) is 0 Å². The Labute approximate surface area is 150 Å². The van der Waals surface area contributed by atoms with Gasteiger partial charge in [-0.25, -0.2) is 0 Å². The summed E-state index contributed by atoms with van der Waals surface area (Å²) in [5.41, 5.74) is 9.83. The van der Waals surface area contributed by atoms with Gasteiger partial charge >= 0.3 is 0 Å². The maximum Gasteiger partial charge on any atom is 0.179 e. The molecule has 0 saturated carbocycles. The van der Waals surface area contributed by atoms with Crippen LogP contribution in [0, 0.1) is 6.92 Å². The van der Waals surface area contributed by atoms with Crippen molar-refractivity contribution in [2.24, 2.45) is 12.8 Å². The lowest BCUT2D eigenvalue weighted by atomic mass is 9.97. The zero-order valence-corrected chi connectivity index (χ0v) is 15.6. The zero-order chi connectivity index (χ0) is 18.4. The summed E-state index contributed by atoms with van der Waals surface area (Å²) in [6, 6.07) is 12.2. The second-order valence-electron chi connectivity index (χ2n) is 7.28. The molecule has 0 radical (unpaired) electrons. The van der Waals surface area contributed by atoms with Gasteiger partial charge in [-0.1, -0.05) is 24.3 Å². The number of benzene rings is 1. The van der Waals surface area contributed by atoms with Gasteiger partial charge in [-0.05, 0) is 62.8 Å². The third kappa shape index (κ3) is 5.28. The normalized spacial score (nSPS) is 13.6. The number of ketones is 1. The zero-order valence-electron chi connectivity index (χ0n) is 15.6. The van der Waals surface area contributed by atoms with E-state index in [0.29, 0.717) is 12.8 Å². The Kier molecular flexibility index (Phi) is 6.57. The van der Waals surface area contributed by atoms with Crippen molar-refractivity contribution in [2.75, 3.05) is 6.61 Å². The smallest absolute Gasteiger partial charge is 0.179 e. The van der Waals surface area contributed by atoms with Gasteiger partial charge < -0.3 is 15.4 Å². The molecule has 0 aliphatic heterocycles. The maximum absolute atomic E-state index is 12.5. The Hall–Kier alpha value is -1.91. The van der Waals surface area contributed by atoms with Crippen LogP contribution in [0.1, 0.15) is 53.5 Å². The Bertz CT molecular complexity index is 716. The molecule has 2 rings (SSSR count). The highest BCUT2D eigenvalue weighted by atomic mass is 16.3. The number of aromatic nitrogens is 1. The fourth-order valence-corrected chi connectivity index (χ4v) is 3.04. The minimum absolute atomic E-state index is 0.0396. The molecule has 0 aliphatic carbocycles. The monoisotopic (exact) mass is 342 g/mol. The van der Waals surface area contributed by atoms with Crippen molar-refractivity contribution >= 4 is 5.78 Å². The van der Waals surface area contributed by atoms with E-state index in [0.717, 1.165) is 30.7 Å². The molecule has 0 bridgehead atoms. The number of Topliss-reactive ketones (excluding diaryl/α,β-unsaturated/α-hetero) is 1. The van der Waals surface area contributed by atoms with Crippen molar-refractivity contribution in [1.82, 2.24) is 4.57 Å². The second-order valence-corrected chi connectivity index (χ2v) is 7.28. The van der Waals surface area contributed by atoms with E-state index in [9.17, 15) is 9.90 Å². The summed E-state index contributed by atoms with van der Waals surface area (Å²) in [4.78, 5) is 12.5. The molecule has 0 amide bonds. The van der Waals surface area contributed by atoms with Crippen LogP contribution >= 0.6 is 0 Å². The van der Waals surface area contributed by atoms with Crippen molar-refractivity contribution in [1.29, 1.82) is 0 Å². The fraction of sp³-hybridized carbons (Fsp3) is 0.476. The van der Waals surface area contributed by atoms with E-state index in [-0.39, 0.29) is 12.4 Å².